The lowest BCUT2D eigenvalue weighted by Gasteiger charge is -2.25. The summed E-state index contributed by atoms with van der Waals surface area (Å²) < 4.78 is 28.5. The Bertz CT molecular complexity index is 531. The Morgan fingerprint density at radius 1 is 0.605 bits per heavy atom. The Morgan fingerprint density at radius 2 is 1.03 bits per heavy atom. The summed E-state index contributed by atoms with van der Waals surface area (Å²) in [5, 5.41) is 18.8. The molecule has 0 radical (unpaired) electrons. The molecule has 0 bridgehead atoms. The van der Waals surface area contributed by atoms with Crippen LogP contribution in [0.25, 0.3) is 0 Å². The molecule has 9 heteroatoms. The lowest BCUT2D eigenvalue weighted by molar-refractivity contribution is -0.0924. The van der Waals surface area contributed by atoms with Crippen molar-refractivity contribution >= 4 is 7.60 Å². The van der Waals surface area contributed by atoms with Crippen LogP contribution in [0.3, 0.4) is 0 Å². The van der Waals surface area contributed by atoms with E-state index >= 15 is 0 Å². The molecule has 0 saturated heterocycles. The van der Waals surface area contributed by atoms with Crippen LogP contribution in [0.15, 0.2) is 0 Å². The van der Waals surface area contributed by atoms with Crippen molar-refractivity contribution in [2.75, 3.05) is 33.0 Å². The number of hydrogen-bond acceptors (Lipinski definition) is 6. The summed E-state index contributed by atoms with van der Waals surface area (Å²) in [5.74, 6) is -1.78. The third kappa shape index (κ3) is 23.8. The summed E-state index contributed by atoms with van der Waals surface area (Å²) in [6.45, 7) is 4.81. The lowest BCUT2D eigenvalue weighted by Crippen LogP contribution is -2.36. The van der Waals surface area contributed by atoms with E-state index in [1.807, 2.05) is 0 Å². The number of ether oxygens (including phenoxy) is 3. The smallest absolute Gasteiger partial charge is 0.356 e. The van der Waals surface area contributed by atoms with Gasteiger partial charge in [-0.15, -0.1) is 0 Å². The maximum absolute atomic E-state index is 11.6. The maximum atomic E-state index is 11.6. The molecule has 0 rings (SSSR count). The predicted molar refractivity (Wildman–Crippen MR) is 155 cm³/mol. The molecule has 0 aromatic carbocycles. The number of hydrogen-bond donors (Lipinski definition) is 4. The van der Waals surface area contributed by atoms with Crippen molar-refractivity contribution < 1.29 is 38.8 Å². The zero-order valence-electron chi connectivity index (χ0n) is 24.6. The quantitative estimate of drug-likeness (QED) is 0.0556. The molecule has 8 nitrogen and oxygen atoms in total. The highest BCUT2D eigenvalue weighted by Gasteiger charge is 2.36. The fourth-order valence-corrected chi connectivity index (χ4v) is 5.26. The Kier molecular flexibility index (Phi) is 27.1. The van der Waals surface area contributed by atoms with E-state index in [1.54, 1.807) is 0 Å². The van der Waals surface area contributed by atoms with Crippen molar-refractivity contribution in [2.24, 2.45) is 0 Å². The van der Waals surface area contributed by atoms with Crippen molar-refractivity contribution in [2.45, 2.75) is 154 Å². The van der Waals surface area contributed by atoms with E-state index in [2.05, 4.69) is 13.8 Å². The molecule has 2 unspecified atom stereocenters. The Labute approximate surface area is 233 Å². The number of aliphatic hydroxyl groups is 2. The van der Waals surface area contributed by atoms with Gasteiger partial charge >= 0.3 is 7.60 Å². The van der Waals surface area contributed by atoms with Crippen LogP contribution in [-0.4, -0.2) is 71.1 Å². The maximum Gasteiger partial charge on any atom is 0.356 e. The highest BCUT2D eigenvalue weighted by molar-refractivity contribution is 7.52. The van der Waals surface area contributed by atoms with E-state index in [0.717, 1.165) is 32.1 Å². The monoisotopic (exact) mass is 568 g/mol. The Morgan fingerprint density at radius 3 is 1.47 bits per heavy atom. The van der Waals surface area contributed by atoms with E-state index in [9.17, 15) is 19.5 Å². The molecule has 0 aliphatic rings. The number of unbranched alkanes of at least 4 members (excludes halogenated alkanes) is 17. The van der Waals surface area contributed by atoms with Crippen LogP contribution in [0.5, 0.6) is 0 Å². The van der Waals surface area contributed by atoms with Crippen molar-refractivity contribution in [3.05, 3.63) is 0 Å². The fraction of sp³-hybridized carbons (Fsp3) is 1.00. The zero-order chi connectivity index (χ0) is 28.3. The summed E-state index contributed by atoms with van der Waals surface area (Å²) in [5.41, 5.74) is 0. The SMILES string of the molecule is CCCCCCCCCCCCCCCCCCOC[C@@H](COC(C(O)CO)P(=O)(O)O)OCCCCC. The first-order valence-corrected chi connectivity index (χ1v) is 17.2. The molecule has 0 spiro atoms. The van der Waals surface area contributed by atoms with Crippen LogP contribution in [0.4, 0.5) is 0 Å². The average molecular weight is 569 g/mol. The Balaban J connectivity index is 3.88. The minimum absolute atomic E-state index is 0.127. The van der Waals surface area contributed by atoms with Gasteiger partial charge in [0.05, 0.1) is 19.8 Å². The van der Waals surface area contributed by atoms with E-state index < -0.39 is 32.3 Å². The molecule has 38 heavy (non-hydrogen) atoms. The van der Waals surface area contributed by atoms with E-state index in [4.69, 9.17) is 19.3 Å². The van der Waals surface area contributed by atoms with E-state index in [1.165, 1.54) is 89.9 Å². The van der Waals surface area contributed by atoms with Gasteiger partial charge in [0.1, 0.15) is 12.2 Å². The van der Waals surface area contributed by atoms with Crippen LogP contribution in [-0.2, 0) is 18.8 Å². The summed E-state index contributed by atoms with van der Waals surface area (Å²) >= 11 is 0. The molecule has 3 atom stereocenters. The largest absolute Gasteiger partial charge is 0.394 e. The normalized spacial score (nSPS) is 14.6. The van der Waals surface area contributed by atoms with Gasteiger partial charge < -0.3 is 34.2 Å². The second kappa shape index (κ2) is 27.1. The summed E-state index contributed by atoms with van der Waals surface area (Å²) in [6, 6.07) is 0. The zero-order valence-corrected chi connectivity index (χ0v) is 25.5. The fourth-order valence-electron chi connectivity index (χ4n) is 4.44. The topological polar surface area (TPSA) is 126 Å². The van der Waals surface area contributed by atoms with Gasteiger partial charge in [-0.2, -0.15) is 0 Å². The molecule has 4 N–H and O–H groups in total. The lowest BCUT2D eigenvalue weighted by atomic mass is 10.0. The second-order valence-corrected chi connectivity index (χ2v) is 12.3. The van der Waals surface area contributed by atoms with Gasteiger partial charge in [0.25, 0.3) is 0 Å². The first-order valence-electron chi connectivity index (χ1n) is 15.5. The summed E-state index contributed by atoms with van der Waals surface area (Å²) in [6.07, 6.45) is 21.9. The molecule has 230 valence electrons. The minimum atomic E-state index is -4.74. The van der Waals surface area contributed by atoms with Gasteiger partial charge in [0.2, 0.25) is 0 Å². The molecule has 0 fully saturated rings. The molecule has 0 aliphatic carbocycles. The average Bonchev–Trinajstić information content (AvgIpc) is 2.89. The van der Waals surface area contributed by atoms with Crippen LogP contribution in [0, 0.1) is 0 Å². The van der Waals surface area contributed by atoms with Crippen LogP contribution < -0.4 is 0 Å². The van der Waals surface area contributed by atoms with Gasteiger partial charge in [-0.25, -0.2) is 0 Å². The van der Waals surface area contributed by atoms with Crippen LogP contribution in [0.1, 0.15) is 136 Å². The molecular formula is C29H61O8P. The molecule has 0 amide bonds. The molecule has 0 aliphatic heterocycles. The van der Waals surface area contributed by atoms with E-state index in [-0.39, 0.29) is 13.2 Å². The van der Waals surface area contributed by atoms with Gasteiger partial charge in [0.15, 0.2) is 5.85 Å². The first-order chi connectivity index (χ1) is 18.4. The van der Waals surface area contributed by atoms with Gasteiger partial charge in [-0.05, 0) is 12.8 Å². The van der Waals surface area contributed by atoms with Gasteiger partial charge in [-0.1, -0.05) is 123 Å². The van der Waals surface area contributed by atoms with Crippen LogP contribution in [0.2, 0.25) is 0 Å². The molecular weight excluding hydrogens is 507 g/mol. The first kappa shape index (κ1) is 38.0. The van der Waals surface area contributed by atoms with Gasteiger partial charge in [-0.3, -0.25) is 4.57 Å². The van der Waals surface area contributed by atoms with Crippen LogP contribution >= 0.6 is 7.60 Å². The van der Waals surface area contributed by atoms with E-state index in [0.29, 0.717) is 13.2 Å². The third-order valence-electron chi connectivity index (χ3n) is 6.85. The number of aliphatic hydroxyl groups excluding tert-OH is 2. The van der Waals surface area contributed by atoms with Crippen molar-refractivity contribution in [1.29, 1.82) is 0 Å². The van der Waals surface area contributed by atoms with Crippen molar-refractivity contribution in [3.8, 4) is 0 Å². The molecule has 0 aromatic rings. The molecule has 0 heterocycles. The van der Waals surface area contributed by atoms with Gasteiger partial charge in [0, 0.05) is 13.2 Å². The highest BCUT2D eigenvalue weighted by atomic mass is 31.2. The summed E-state index contributed by atoms with van der Waals surface area (Å²) in [4.78, 5) is 18.8. The standard InChI is InChI=1S/C29H61O8P/c1-3-5-7-8-9-10-11-12-13-14-15-16-17-18-19-21-22-35-25-27(36-23-20-6-4-2)26-37-29(28(31)24-30)38(32,33)34/h27-31H,3-26H2,1-2H3,(H2,32,33,34)/t27-,28?,29?/m0/s1. The van der Waals surface area contributed by atoms with Crippen molar-refractivity contribution in [1.82, 2.24) is 0 Å². The minimum Gasteiger partial charge on any atom is -0.394 e. The summed E-state index contributed by atoms with van der Waals surface area (Å²) in [7, 11) is -4.74. The molecule has 0 saturated carbocycles. The Hall–Kier alpha value is -0.0500. The highest BCUT2D eigenvalue weighted by Crippen LogP contribution is 2.43. The number of rotatable bonds is 30. The van der Waals surface area contributed by atoms with Crippen molar-refractivity contribution in [3.63, 3.8) is 0 Å². The predicted octanol–water partition coefficient (Wildman–Crippen LogP) is 6.71. The second-order valence-electron chi connectivity index (χ2n) is 10.6. The third-order valence-corrected chi connectivity index (χ3v) is 8.00. The molecule has 0 aromatic heterocycles.